The van der Waals surface area contributed by atoms with Gasteiger partial charge in [-0.05, 0) is 42.9 Å². The van der Waals surface area contributed by atoms with Gasteiger partial charge < -0.3 is 10.5 Å². The lowest BCUT2D eigenvalue weighted by atomic mass is 9.88. The van der Waals surface area contributed by atoms with Gasteiger partial charge in [0.25, 0.3) is 0 Å². The maximum Gasteiger partial charge on any atom is 0.0979 e. The van der Waals surface area contributed by atoms with Gasteiger partial charge in [-0.2, -0.15) is 0 Å². The van der Waals surface area contributed by atoms with Gasteiger partial charge in [-0.1, -0.05) is 50.4 Å². The molecule has 2 rings (SSSR count). The zero-order valence-corrected chi connectivity index (χ0v) is 13.3. The fourth-order valence-corrected chi connectivity index (χ4v) is 3.13. The van der Waals surface area contributed by atoms with E-state index in [1.54, 1.807) is 0 Å². The summed E-state index contributed by atoms with van der Waals surface area (Å²) in [5, 5.41) is 0.754. The van der Waals surface area contributed by atoms with Crippen molar-refractivity contribution >= 4 is 11.6 Å². The molecule has 0 heterocycles. The number of hydrogen-bond acceptors (Lipinski definition) is 2. The van der Waals surface area contributed by atoms with E-state index in [2.05, 4.69) is 13.8 Å². The normalized spacial score (nSPS) is 26.2. The van der Waals surface area contributed by atoms with Crippen LogP contribution in [0.25, 0.3) is 0 Å². The smallest absolute Gasteiger partial charge is 0.0979 e. The first kappa shape index (κ1) is 15.8. The monoisotopic (exact) mass is 295 g/mol. The maximum atomic E-state index is 6.37. The molecule has 4 unspecified atom stereocenters. The number of benzene rings is 1. The molecule has 1 aromatic carbocycles. The Kier molecular flexibility index (Phi) is 5.88. The average molecular weight is 296 g/mol. The molecule has 2 nitrogen and oxygen atoms in total. The van der Waals surface area contributed by atoms with Crippen LogP contribution >= 0.6 is 11.6 Å². The molecule has 1 aromatic rings. The minimum Gasteiger partial charge on any atom is -0.369 e. The number of ether oxygens (including phenoxy) is 1. The molecule has 1 aliphatic carbocycles. The lowest BCUT2D eigenvalue weighted by Crippen LogP contribution is -2.34. The van der Waals surface area contributed by atoms with Gasteiger partial charge in [0.1, 0.15) is 0 Å². The topological polar surface area (TPSA) is 35.2 Å². The minimum atomic E-state index is -0.0208. The summed E-state index contributed by atoms with van der Waals surface area (Å²) in [6, 6.07) is 7.94. The van der Waals surface area contributed by atoms with Gasteiger partial charge in [-0.15, -0.1) is 0 Å². The van der Waals surface area contributed by atoms with E-state index in [1.807, 2.05) is 24.3 Å². The Hall–Kier alpha value is -0.570. The van der Waals surface area contributed by atoms with E-state index in [-0.39, 0.29) is 12.1 Å². The van der Waals surface area contributed by atoms with Crippen LogP contribution in [0.1, 0.15) is 57.6 Å². The van der Waals surface area contributed by atoms with Gasteiger partial charge in [0.2, 0.25) is 0 Å². The highest BCUT2D eigenvalue weighted by Crippen LogP contribution is 2.32. The number of hydrogen-bond donors (Lipinski definition) is 1. The second-order valence-corrected chi connectivity index (χ2v) is 6.51. The van der Waals surface area contributed by atoms with Crippen molar-refractivity contribution in [1.82, 2.24) is 0 Å². The molecule has 0 spiro atoms. The van der Waals surface area contributed by atoms with Crippen LogP contribution < -0.4 is 5.73 Å². The fourth-order valence-electron chi connectivity index (χ4n) is 3.00. The van der Waals surface area contributed by atoms with Crippen LogP contribution in [0, 0.1) is 5.92 Å². The van der Waals surface area contributed by atoms with Crippen molar-refractivity contribution in [3.63, 3.8) is 0 Å². The molecular weight excluding hydrogens is 270 g/mol. The van der Waals surface area contributed by atoms with Gasteiger partial charge in [0.15, 0.2) is 0 Å². The van der Waals surface area contributed by atoms with Crippen molar-refractivity contribution in [2.24, 2.45) is 11.7 Å². The molecule has 0 aromatic heterocycles. The second kappa shape index (κ2) is 7.44. The Bertz CT molecular complexity index is 406. The first-order valence-electron chi connectivity index (χ1n) is 7.76. The molecule has 1 fully saturated rings. The molecule has 0 aliphatic heterocycles. The summed E-state index contributed by atoms with van der Waals surface area (Å²) in [6.45, 7) is 4.42. The van der Waals surface area contributed by atoms with Crippen LogP contribution in [0.15, 0.2) is 24.3 Å². The molecular formula is C17H26ClNO. The Morgan fingerprint density at radius 3 is 2.60 bits per heavy atom. The van der Waals surface area contributed by atoms with Gasteiger partial charge in [0, 0.05) is 11.1 Å². The van der Waals surface area contributed by atoms with Crippen LogP contribution in [-0.4, -0.2) is 12.1 Å². The molecule has 20 heavy (non-hydrogen) atoms. The van der Waals surface area contributed by atoms with E-state index in [0.29, 0.717) is 6.10 Å². The Morgan fingerprint density at radius 2 is 2.00 bits per heavy atom. The van der Waals surface area contributed by atoms with E-state index in [4.69, 9.17) is 22.1 Å². The van der Waals surface area contributed by atoms with Crippen molar-refractivity contribution in [2.75, 3.05) is 0 Å². The first-order chi connectivity index (χ1) is 9.60. The number of halogens is 1. The Balaban J connectivity index is 2.09. The Morgan fingerprint density at radius 1 is 1.30 bits per heavy atom. The maximum absolute atomic E-state index is 6.37. The third-order valence-electron chi connectivity index (χ3n) is 4.29. The lowest BCUT2D eigenvalue weighted by molar-refractivity contribution is -0.0518. The standard InChI is InChI=1S/C17H26ClNO/c1-3-16(19)17(13-7-9-14(18)10-8-13)20-15-6-4-5-12(2)11-15/h7-10,12,15-17H,3-6,11,19H2,1-2H3. The summed E-state index contributed by atoms with van der Waals surface area (Å²) in [5.41, 5.74) is 7.42. The van der Waals surface area contributed by atoms with Crippen LogP contribution in [0.5, 0.6) is 0 Å². The van der Waals surface area contributed by atoms with Crippen molar-refractivity contribution in [3.8, 4) is 0 Å². The van der Waals surface area contributed by atoms with Gasteiger partial charge >= 0.3 is 0 Å². The minimum absolute atomic E-state index is 0.0208. The molecule has 112 valence electrons. The SMILES string of the molecule is CCC(N)C(OC1CCCC(C)C1)c1ccc(Cl)cc1. The van der Waals surface area contributed by atoms with Crippen LogP contribution in [0.4, 0.5) is 0 Å². The molecule has 1 aliphatic rings. The predicted octanol–water partition coefficient (Wildman–Crippen LogP) is 4.71. The van der Waals surface area contributed by atoms with E-state index in [9.17, 15) is 0 Å². The van der Waals surface area contributed by atoms with Crippen LogP contribution in [0.3, 0.4) is 0 Å². The molecule has 4 atom stereocenters. The van der Waals surface area contributed by atoms with Crippen molar-refractivity contribution in [2.45, 2.75) is 64.2 Å². The highest BCUT2D eigenvalue weighted by Gasteiger charge is 2.26. The van der Waals surface area contributed by atoms with Crippen molar-refractivity contribution in [3.05, 3.63) is 34.9 Å². The third-order valence-corrected chi connectivity index (χ3v) is 4.54. The van der Waals surface area contributed by atoms with Crippen molar-refractivity contribution in [1.29, 1.82) is 0 Å². The lowest BCUT2D eigenvalue weighted by Gasteiger charge is -2.33. The Labute approximate surface area is 127 Å². The summed E-state index contributed by atoms with van der Waals surface area (Å²) >= 11 is 5.97. The molecule has 0 saturated heterocycles. The number of rotatable bonds is 5. The van der Waals surface area contributed by atoms with E-state index < -0.39 is 0 Å². The summed E-state index contributed by atoms with van der Waals surface area (Å²) < 4.78 is 6.37. The second-order valence-electron chi connectivity index (χ2n) is 6.07. The fraction of sp³-hybridized carbons (Fsp3) is 0.647. The molecule has 3 heteroatoms. The van der Waals surface area contributed by atoms with E-state index in [0.717, 1.165) is 35.8 Å². The highest BCUT2D eigenvalue weighted by atomic mass is 35.5. The van der Waals surface area contributed by atoms with Gasteiger partial charge in [-0.25, -0.2) is 0 Å². The summed E-state index contributed by atoms with van der Waals surface area (Å²) in [4.78, 5) is 0. The predicted molar refractivity (Wildman–Crippen MR) is 85.0 cm³/mol. The first-order valence-corrected chi connectivity index (χ1v) is 8.14. The summed E-state index contributed by atoms with van der Waals surface area (Å²) in [7, 11) is 0. The van der Waals surface area contributed by atoms with E-state index >= 15 is 0 Å². The van der Waals surface area contributed by atoms with Crippen LogP contribution in [0.2, 0.25) is 5.02 Å². The summed E-state index contributed by atoms with van der Waals surface area (Å²) in [5.74, 6) is 0.762. The zero-order chi connectivity index (χ0) is 14.5. The highest BCUT2D eigenvalue weighted by molar-refractivity contribution is 6.30. The molecule has 0 bridgehead atoms. The molecule has 0 radical (unpaired) electrons. The number of nitrogens with two attached hydrogens (primary N) is 1. The molecule has 0 amide bonds. The van der Waals surface area contributed by atoms with Gasteiger partial charge in [-0.3, -0.25) is 0 Å². The quantitative estimate of drug-likeness (QED) is 0.853. The third kappa shape index (κ3) is 4.21. The summed E-state index contributed by atoms with van der Waals surface area (Å²) in [6.07, 6.45) is 6.14. The van der Waals surface area contributed by atoms with Crippen LogP contribution in [-0.2, 0) is 4.74 Å². The van der Waals surface area contributed by atoms with Gasteiger partial charge in [0.05, 0.1) is 12.2 Å². The van der Waals surface area contributed by atoms with E-state index in [1.165, 1.54) is 12.8 Å². The molecule has 2 N–H and O–H groups in total. The zero-order valence-electron chi connectivity index (χ0n) is 12.5. The van der Waals surface area contributed by atoms with Crippen molar-refractivity contribution < 1.29 is 4.74 Å². The average Bonchev–Trinajstić information content (AvgIpc) is 2.45. The largest absolute Gasteiger partial charge is 0.369 e. The molecule has 1 saturated carbocycles.